The molecule has 2 aromatic rings. The molecule has 9 heteroatoms. The van der Waals surface area contributed by atoms with Crippen molar-refractivity contribution in [2.75, 3.05) is 0 Å². The van der Waals surface area contributed by atoms with Crippen LogP contribution in [0.5, 0.6) is 0 Å². The number of halogens is 6. The number of nitrogens with zero attached hydrogens (tertiary/aromatic N) is 1. The largest absolute Gasteiger partial charge is 0.430 e. The standard InChI is InChI=1S/C17H13F6NO2/c1-2-10-7-13(9-25)24-8-14(10)11-3-5-12(6-4-11)15(26,16(18,19)20)17(21,22)23/h3-9,26H,2H2,1H3. The number of pyridine rings is 1. The van der Waals surface area contributed by atoms with E-state index in [-0.39, 0.29) is 5.69 Å². The third-order valence-corrected chi connectivity index (χ3v) is 3.95. The fraction of sp³-hybridized carbons (Fsp3) is 0.294. The Morgan fingerprint density at radius 1 is 1.04 bits per heavy atom. The lowest BCUT2D eigenvalue weighted by Crippen LogP contribution is -2.53. The number of aryl methyl sites for hydroxylation is 1. The van der Waals surface area contributed by atoms with Crippen LogP contribution in [-0.4, -0.2) is 28.7 Å². The smallest absolute Gasteiger partial charge is 0.369 e. The van der Waals surface area contributed by atoms with Crippen LogP contribution in [0.4, 0.5) is 26.3 Å². The van der Waals surface area contributed by atoms with Gasteiger partial charge in [0, 0.05) is 17.3 Å². The van der Waals surface area contributed by atoms with Crippen LogP contribution in [0.3, 0.4) is 0 Å². The Hall–Kier alpha value is -2.42. The summed E-state index contributed by atoms with van der Waals surface area (Å²) >= 11 is 0. The van der Waals surface area contributed by atoms with Crippen LogP contribution in [0.25, 0.3) is 11.1 Å². The summed E-state index contributed by atoms with van der Waals surface area (Å²) in [5, 5.41) is 9.38. The summed E-state index contributed by atoms with van der Waals surface area (Å²) in [6.45, 7) is 1.77. The molecule has 0 spiro atoms. The minimum Gasteiger partial charge on any atom is -0.369 e. The molecule has 1 aromatic carbocycles. The Labute approximate surface area is 144 Å². The van der Waals surface area contributed by atoms with E-state index in [4.69, 9.17) is 0 Å². The lowest BCUT2D eigenvalue weighted by molar-refractivity contribution is -0.376. The highest BCUT2D eigenvalue weighted by Crippen LogP contribution is 2.50. The van der Waals surface area contributed by atoms with E-state index in [0.717, 1.165) is 12.1 Å². The van der Waals surface area contributed by atoms with E-state index in [1.54, 1.807) is 6.92 Å². The maximum absolute atomic E-state index is 12.9. The van der Waals surface area contributed by atoms with Gasteiger partial charge >= 0.3 is 12.4 Å². The number of hydrogen-bond acceptors (Lipinski definition) is 3. The molecule has 0 radical (unpaired) electrons. The van der Waals surface area contributed by atoms with E-state index >= 15 is 0 Å². The number of aromatic nitrogens is 1. The molecule has 0 aliphatic carbocycles. The molecule has 3 nitrogen and oxygen atoms in total. The average molecular weight is 377 g/mol. The van der Waals surface area contributed by atoms with Gasteiger partial charge in [0.15, 0.2) is 6.29 Å². The van der Waals surface area contributed by atoms with Crippen molar-refractivity contribution < 1.29 is 36.2 Å². The van der Waals surface area contributed by atoms with E-state index in [1.807, 2.05) is 0 Å². The Balaban J connectivity index is 2.53. The minimum atomic E-state index is -5.94. The number of rotatable bonds is 4. The second kappa shape index (κ2) is 6.71. The number of alkyl halides is 6. The summed E-state index contributed by atoms with van der Waals surface area (Å²) < 4.78 is 77.4. The Morgan fingerprint density at radius 3 is 2.00 bits per heavy atom. The van der Waals surface area contributed by atoms with Gasteiger partial charge in [-0.05, 0) is 23.6 Å². The fourth-order valence-corrected chi connectivity index (χ4v) is 2.51. The number of aldehydes is 1. The zero-order valence-electron chi connectivity index (χ0n) is 13.3. The summed E-state index contributed by atoms with van der Waals surface area (Å²) in [4.78, 5) is 14.6. The maximum atomic E-state index is 12.9. The topological polar surface area (TPSA) is 50.2 Å². The van der Waals surface area contributed by atoms with E-state index in [2.05, 4.69) is 4.98 Å². The summed E-state index contributed by atoms with van der Waals surface area (Å²) in [6.07, 6.45) is -9.56. The number of carbonyl (C=O) groups excluding carboxylic acids is 1. The minimum absolute atomic E-state index is 0.158. The van der Waals surface area contributed by atoms with Gasteiger partial charge in [0.2, 0.25) is 0 Å². The highest BCUT2D eigenvalue weighted by Gasteiger charge is 2.71. The molecule has 0 aliphatic rings. The second-order valence-corrected chi connectivity index (χ2v) is 5.52. The molecule has 0 atom stereocenters. The summed E-state index contributed by atoms with van der Waals surface area (Å²) in [5.41, 5.74) is -4.72. The van der Waals surface area contributed by atoms with Crippen molar-refractivity contribution in [2.24, 2.45) is 0 Å². The Morgan fingerprint density at radius 2 is 1.58 bits per heavy atom. The normalized spacial score (nSPS) is 12.9. The molecule has 0 saturated carbocycles. The van der Waals surface area contributed by atoms with Gasteiger partial charge in [-0.2, -0.15) is 26.3 Å². The number of hydrogen-bond donors (Lipinski definition) is 1. The molecule has 0 bridgehead atoms. The van der Waals surface area contributed by atoms with Crippen molar-refractivity contribution in [3.05, 3.63) is 53.3 Å². The Kier molecular flexibility index (Phi) is 5.14. The van der Waals surface area contributed by atoms with Gasteiger partial charge in [-0.15, -0.1) is 0 Å². The van der Waals surface area contributed by atoms with Crippen LogP contribution in [-0.2, 0) is 12.0 Å². The molecule has 1 N–H and O–H groups in total. The predicted molar refractivity (Wildman–Crippen MR) is 80.4 cm³/mol. The second-order valence-electron chi connectivity index (χ2n) is 5.52. The van der Waals surface area contributed by atoms with Crippen LogP contribution in [0, 0.1) is 0 Å². The maximum Gasteiger partial charge on any atom is 0.430 e. The quantitative estimate of drug-likeness (QED) is 0.633. The predicted octanol–water partition coefficient (Wildman–Crippen LogP) is 4.44. The first-order valence-corrected chi connectivity index (χ1v) is 7.36. The zero-order valence-corrected chi connectivity index (χ0v) is 13.3. The highest BCUT2D eigenvalue weighted by atomic mass is 19.4. The van der Waals surface area contributed by atoms with Crippen LogP contribution < -0.4 is 0 Å². The van der Waals surface area contributed by atoms with Crippen LogP contribution in [0.1, 0.15) is 28.5 Å². The number of benzene rings is 1. The molecule has 2 rings (SSSR count). The van der Waals surface area contributed by atoms with Crippen LogP contribution >= 0.6 is 0 Å². The molecule has 0 saturated heterocycles. The van der Waals surface area contributed by atoms with Crippen molar-refractivity contribution in [3.63, 3.8) is 0 Å². The van der Waals surface area contributed by atoms with Gasteiger partial charge in [0.25, 0.3) is 5.60 Å². The lowest BCUT2D eigenvalue weighted by Gasteiger charge is -2.32. The first kappa shape index (κ1) is 19.9. The van der Waals surface area contributed by atoms with Gasteiger partial charge in [0.1, 0.15) is 5.69 Å². The molecule has 1 heterocycles. The van der Waals surface area contributed by atoms with Gasteiger partial charge < -0.3 is 5.11 Å². The summed E-state index contributed by atoms with van der Waals surface area (Å²) in [5.74, 6) is 0. The van der Waals surface area contributed by atoms with Crippen molar-refractivity contribution in [1.82, 2.24) is 4.98 Å². The molecule has 0 amide bonds. The summed E-state index contributed by atoms with van der Waals surface area (Å²) in [6, 6.07) is 4.70. The monoisotopic (exact) mass is 377 g/mol. The molecular formula is C17H13F6NO2. The molecular weight excluding hydrogens is 364 g/mol. The fourth-order valence-electron chi connectivity index (χ4n) is 2.51. The third-order valence-electron chi connectivity index (χ3n) is 3.95. The van der Waals surface area contributed by atoms with E-state index in [0.29, 0.717) is 41.5 Å². The first-order chi connectivity index (χ1) is 12.0. The number of aliphatic hydroxyl groups is 1. The van der Waals surface area contributed by atoms with Crippen molar-refractivity contribution >= 4 is 6.29 Å². The lowest BCUT2D eigenvalue weighted by atomic mass is 9.90. The van der Waals surface area contributed by atoms with Crippen molar-refractivity contribution in [2.45, 2.75) is 31.3 Å². The van der Waals surface area contributed by atoms with Crippen molar-refractivity contribution in [3.8, 4) is 11.1 Å². The first-order valence-electron chi connectivity index (χ1n) is 7.36. The molecule has 0 aliphatic heterocycles. The van der Waals surface area contributed by atoms with Gasteiger partial charge in [-0.25, -0.2) is 0 Å². The van der Waals surface area contributed by atoms with E-state index < -0.39 is 23.5 Å². The SMILES string of the molecule is CCc1cc(C=O)ncc1-c1ccc(C(O)(C(F)(F)F)C(F)(F)F)cc1. The molecule has 140 valence electrons. The number of carbonyl (C=O) groups is 1. The Bertz CT molecular complexity index is 782. The van der Waals surface area contributed by atoms with Gasteiger partial charge in [0.05, 0.1) is 0 Å². The third kappa shape index (κ3) is 3.31. The molecule has 1 aromatic heterocycles. The highest BCUT2D eigenvalue weighted by molar-refractivity contribution is 5.75. The average Bonchev–Trinajstić information content (AvgIpc) is 2.58. The molecule has 0 unspecified atom stereocenters. The zero-order chi connectivity index (χ0) is 19.8. The molecule has 26 heavy (non-hydrogen) atoms. The van der Waals surface area contributed by atoms with Crippen LogP contribution in [0.15, 0.2) is 36.5 Å². The van der Waals surface area contributed by atoms with E-state index in [9.17, 15) is 36.2 Å². The molecule has 0 fully saturated rings. The summed E-state index contributed by atoms with van der Waals surface area (Å²) in [7, 11) is 0. The van der Waals surface area contributed by atoms with Gasteiger partial charge in [-0.1, -0.05) is 31.2 Å². The van der Waals surface area contributed by atoms with Gasteiger partial charge in [-0.3, -0.25) is 9.78 Å². The van der Waals surface area contributed by atoms with Crippen LogP contribution in [0.2, 0.25) is 0 Å². The van der Waals surface area contributed by atoms with Crippen molar-refractivity contribution in [1.29, 1.82) is 0 Å². The van der Waals surface area contributed by atoms with E-state index in [1.165, 1.54) is 12.3 Å².